The second kappa shape index (κ2) is 8.19. The van der Waals surface area contributed by atoms with Gasteiger partial charge in [-0.15, -0.1) is 0 Å². The highest BCUT2D eigenvalue weighted by molar-refractivity contribution is 6.04. The van der Waals surface area contributed by atoms with E-state index in [-0.39, 0.29) is 35.8 Å². The maximum absolute atomic E-state index is 13.7. The summed E-state index contributed by atoms with van der Waals surface area (Å²) in [4.78, 5) is 27.6. The molecule has 0 unspecified atom stereocenters. The van der Waals surface area contributed by atoms with Crippen molar-refractivity contribution in [3.05, 3.63) is 64.0 Å². The largest absolute Gasteiger partial charge is 0.396 e. The maximum Gasteiger partial charge on any atom is 0.270 e. The van der Waals surface area contributed by atoms with Gasteiger partial charge >= 0.3 is 0 Å². The van der Waals surface area contributed by atoms with Crippen molar-refractivity contribution in [1.29, 1.82) is 0 Å². The lowest BCUT2D eigenvalue weighted by molar-refractivity contribution is -0.384. The number of carbonyl (C=O) groups is 1. The lowest BCUT2D eigenvalue weighted by Gasteiger charge is -2.29. The smallest absolute Gasteiger partial charge is 0.270 e. The first-order valence-electron chi connectivity index (χ1n) is 9.80. The number of amides is 1. The number of aliphatic hydroxyl groups excluding tert-OH is 1. The zero-order valence-electron chi connectivity index (χ0n) is 16.1. The van der Waals surface area contributed by atoms with E-state index in [1.54, 1.807) is 6.07 Å². The number of nitro groups is 1. The van der Waals surface area contributed by atoms with E-state index in [1.807, 2.05) is 4.57 Å². The van der Waals surface area contributed by atoms with Gasteiger partial charge in [0.2, 0.25) is 5.95 Å². The van der Waals surface area contributed by atoms with Crippen LogP contribution in [0.1, 0.15) is 42.1 Å². The third-order valence-electron chi connectivity index (χ3n) is 5.64. The Morgan fingerprint density at radius 2 is 2.00 bits per heavy atom. The van der Waals surface area contributed by atoms with Crippen LogP contribution in [0.2, 0.25) is 0 Å². The summed E-state index contributed by atoms with van der Waals surface area (Å²) in [5.41, 5.74) is 1.09. The molecule has 0 atom stereocenters. The van der Waals surface area contributed by atoms with Crippen LogP contribution in [-0.4, -0.2) is 32.1 Å². The van der Waals surface area contributed by atoms with E-state index >= 15 is 0 Å². The van der Waals surface area contributed by atoms with Gasteiger partial charge in [0.1, 0.15) is 5.82 Å². The second-order valence-corrected chi connectivity index (χ2v) is 7.56. The molecule has 1 aliphatic carbocycles. The average molecular weight is 412 g/mol. The molecule has 2 aromatic carbocycles. The van der Waals surface area contributed by atoms with Crippen LogP contribution in [0.25, 0.3) is 11.0 Å². The van der Waals surface area contributed by atoms with Crippen molar-refractivity contribution in [3.8, 4) is 0 Å². The summed E-state index contributed by atoms with van der Waals surface area (Å²) in [5, 5.41) is 23.1. The van der Waals surface area contributed by atoms with Gasteiger partial charge in [-0.2, -0.15) is 0 Å². The highest BCUT2D eigenvalue weighted by Gasteiger charge is 2.26. The van der Waals surface area contributed by atoms with Crippen molar-refractivity contribution >= 4 is 28.6 Å². The summed E-state index contributed by atoms with van der Waals surface area (Å²) < 4.78 is 15.6. The zero-order valence-corrected chi connectivity index (χ0v) is 16.1. The summed E-state index contributed by atoms with van der Waals surface area (Å²) in [6.45, 7) is 0.152. The number of benzene rings is 2. The number of nitro benzene ring substituents is 1. The fourth-order valence-electron chi connectivity index (χ4n) is 4.05. The van der Waals surface area contributed by atoms with Gasteiger partial charge in [0, 0.05) is 36.4 Å². The van der Waals surface area contributed by atoms with Crippen molar-refractivity contribution in [2.24, 2.45) is 5.92 Å². The van der Waals surface area contributed by atoms with Crippen LogP contribution in [0.15, 0.2) is 42.5 Å². The van der Waals surface area contributed by atoms with Crippen molar-refractivity contribution in [2.75, 3.05) is 11.9 Å². The third-order valence-corrected chi connectivity index (χ3v) is 5.64. The van der Waals surface area contributed by atoms with Crippen LogP contribution in [0.5, 0.6) is 0 Å². The average Bonchev–Trinajstić information content (AvgIpc) is 3.10. The lowest BCUT2D eigenvalue weighted by atomic mass is 9.86. The van der Waals surface area contributed by atoms with E-state index in [0.29, 0.717) is 11.0 Å². The van der Waals surface area contributed by atoms with Gasteiger partial charge in [-0.3, -0.25) is 20.2 Å². The van der Waals surface area contributed by atoms with Crippen molar-refractivity contribution in [3.63, 3.8) is 0 Å². The molecule has 0 spiro atoms. The first kappa shape index (κ1) is 20.0. The predicted octanol–water partition coefficient (Wildman–Crippen LogP) is 4.06. The summed E-state index contributed by atoms with van der Waals surface area (Å²) >= 11 is 0. The van der Waals surface area contributed by atoms with Gasteiger partial charge in [-0.25, -0.2) is 9.37 Å². The maximum atomic E-state index is 13.7. The number of hydrogen-bond donors (Lipinski definition) is 2. The summed E-state index contributed by atoms with van der Waals surface area (Å²) in [6, 6.07) is 9.80. The number of rotatable bonds is 5. The number of nitrogens with zero attached hydrogens (tertiary/aromatic N) is 3. The molecule has 0 saturated heterocycles. The normalized spacial score (nSPS) is 19.0. The van der Waals surface area contributed by atoms with Crippen molar-refractivity contribution < 1.29 is 19.2 Å². The highest BCUT2D eigenvalue weighted by Crippen LogP contribution is 2.36. The van der Waals surface area contributed by atoms with Crippen LogP contribution in [-0.2, 0) is 0 Å². The molecule has 8 nitrogen and oxygen atoms in total. The quantitative estimate of drug-likeness (QED) is 0.485. The number of aliphatic hydroxyl groups is 1. The van der Waals surface area contributed by atoms with E-state index < -0.39 is 16.6 Å². The van der Waals surface area contributed by atoms with Gasteiger partial charge in [0.25, 0.3) is 11.6 Å². The number of carbonyl (C=O) groups excluding carboxylic acids is 1. The molecule has 0 radical (unpaired) electrons. The van der Waals surface area contributed by atoms with Crippen LogP contribution < -0.4 is 5.32 Å². The molecule has 1 heterocycles. The number of aromatic nitrogens is 2. The van der Waals surface area contributed by atoms with E-state index in [2.05, 4.69) is 10.3 Å². The molecule has 0 aliphatic heterocycles. The highest BCUT2D eigenvalue weighted by atomic mass is 19.1. The van der Waals surface area contributed by atoms with Crippen LogP contribution >= 0.6 is 0 Å². The minimum Gasteiger partial charge on any atom is -0.396 e. The number of anilines is 1. The van der Waals surface area contributed by atoms with Gasteiger partial charge in [-0.05, 0) is 49.8 Å². The molecule has 1 saturated carbocycles. The molecule has 0 bridgehead atoms. The Bertz CT molecular complexity index is 1110. The minimum absolute atomic E-state index is 0.0451. The van der Waals surface area contributed by atoms with E-state index in [9.17, 15) is 24.4 Å². The molecular formula is C21H21FN4O4. The first-order valence-corrected chi connectivity index (χ1v) is 9.80. The predicted molar refractivity (Wildman–Crippen MR) is 109 cm³/mol. The fraction of sp³-hybridized carbons (Fsp3) is 0.333. The Balaban J connectivity index is 1.68. The van der Waals surface area contributed by atoms with Gasteiger partial charge in [0.15, 0.2) is 0 Å². The van der Waals surface area contributed by atoms with E-state index in [0.717, 1.165) is 25.7 Å². The van der Waals surface area contributed by atoms with Gasteiger partial charge in [0.05, 0.1) is 16.0 Å². The topological polar surface area (TPSA) is 110 Å². The SMILES string of the molecule is O=C(Nc1nc2cc(F)ccc2n1[C@H]1CC[C@H](CO)CC1)c1cccc([N+](=O)[O-])c1. The molecule has 3 aromatic rings. The van der Waals surface area contributed by atoms with Gasteiger partial charge in [-0.1, -0.05) is 6.07 Å². The lowest BCUT2D eigenvalue weighted by Crippen LogP contribution is -2.23. The van der Waals surface area contributed by atoms with E-state index in [1.165, 1.54) is 36.4 Å². The van der Waals surface area contributed by atoms with Crippen LogP contribution in [0.3, 0.4) is 0 Å². The number of fused-ring (bicyclic) bond motifs is 1. The summed E-state index contributed by atoms with van der Waals surface area (Å²) in [5.74, 6) is -0.414. The standard InChI is InChI=1S/C21H21FN4O4/c22-15-6-9-19-18(11-15)23-21(25(19)16-7-4-13(12-27)5-8-16)24-20(28)14-2-1-3-17(10-14)26(29)30/h1-3,6,9-11,13,16,27H,4-5,7-8,12H2,(H,23,24,28)/t13-,16-. The van der Waals surface area contributed by atoms with E-state index in [4.69, 9.17) is 0 Å². The van der Waals surface area contributed by atoms with Crippen molar-refractivity contribution in [2.45, 2.75) is 31.7 Å². The molecule has 4 rings (SSSR count). The monoisotopic (exact) mass is 412 g/mol. The fourth-order valence-corrected chi connectivity index (χ4v) is 4.05. The number of nitrogens with one attached hydrogen (secondary N) is 1. The number of hydrogen-bond acceptors (Lipinski definition) is 5. The molecule has 1 aromatic heterocycles. The molecule has 9 heteroatoms. The second-order valence-electron chi connectivity index (χ2n) is 7.56. The molecule has 1 fully saturated rings. The zero-order chi connectivity index (χ0) is 21.3. The third kappa shape index (κ3) is 3.88. The molecule has 156 valence electrons. The Hall–Kier alpha value is -3.33. The van der Waals surface area contributed by atoms with Crippen molar-refractivity contribution in [1.82, 2.24) is 9.55 Å². The van der Waals surface area contributed by atoms with Gasteiger partial charge < -0.3 is 9.67 Å². The van der Waals surface area contributed by atoms with Crippen LogP contribution in [0.4, 0.5) is 16.0 Å². The Labute approximate surface area is 171 Å². The Morgan fingerprint density at radius 1 is 1.23 bits per heavy atom. The number of imidazole rings is 1. The molecule has 1 aliphatic rings. The Morgan fingerprint density at radius 3 is 2.70 bits per heavy atom. The summed E-state index contributed by atoms with van der Waals surface area (Å²) in [6.07, 6.45) is 3.29. The minimum atomic E-state index is -0.561. The Kier molecular flexibility index (Phi) is 5.45. The summed E-state index contributed by atoms with van der Waals surface area (Å²) in [7, 11) is 0. The first-order chi connectivity index (χ1) is 14.5. The number of non-ortho nitro benzene ring substituents is 1. The molecular weight excluding hydrogens is 391 g/mol. The molecule has 30 heavy (non-hydrogen) atoms. The van der Waals surface area contributed by atoms with Crippen LogP contribution in [0, 0.1) is 21.8 Å². The molecule has 1 amide bonds. The number of halogens is 1. The molecule has 2 N–H and O–H groups in total.